The maximum absolute atomic E-state index is 5.67. The van der Waals surface area contributed by atoms with Crippen LogP contribution in [0, 0.1) is 6.92 Å². The normalized spacial score (nSPS) is 8.70. The summed E-state index contributed by atoms with van der Waals surface area (Å²) < 4.78 is 0. The van der Waals surface area contributed by atoms with Crippen molar-refractivity contribution >= 4 is 53.8 Å². The van der Waals surface area contributed by atoms with E-state index in [0.29, 0.717) is 0 Å². The Hall–Kier alpha value is 0.860. The van der Waals surface area contributed by atoms with Gasteiger partial charge in [0, 0.05) is 39.5 Å². The molecule has 1 aromatic carbocycles. The van der Waals surface area contributed by atoms with Gasteiger partial charge in [-0.15, -0.1) is 12.6 Å². The van der Waals surface area contributed by atoms with Crippen molar-refractivity contribution in [3.05, 3.63) is 28.8 Å². The Morgan fingerprint density at radius 1 is 1.40 bits per heavy atom. The van der Waals surface area contributed by atoms with Crippen molar-refractivity contribution in [1.82, 2.24) is 0 Å². The van der Waals surface area contributed by atoms with Crippen LogP contribution in [-0.2, 0) is 0 Å². The van der Waals surface area contributed by atoms with Crippen LogP contribution in [0.5, 0.6) is 0 Å². The van der Waals surface area contributed by atoms with Crippen LogP contribution in [0.15, 0.2) is 23.1 Å². The van der Waals surface area contributed by atoms with Crippen LogP contribution in [0.25, 0.3) is 0 Å². The van der Waals surface area contributed by atoms with E-state index in [2.05, 4.69) is 12.6 Å². The first-order chi connectivity index (χ1) is 4.20. The van der Waals surface area contributed by atoms with Crippen LogP contribution in [0.4, 0.5) is 0 Å². The third-order valence-corrected chi connectivity index (χ3v) is 1.89. The fourth-order valence-corrected chi connectivity index (χ4v) is 1.04. The zero-order valence-corrected chi connectivity index (χ0v) is 9.71. The van der Waals surface area contributed by atoms with Crippen molar-refractivity contribution in [2.45, 2.75) is 11.8 Å². The molecule has 3 heteroatoms. The Morgan fingerprint density at radius 2 is 2.00 bits per heavy atom. The Labute approximate surface area is 93.7 Å². The van der Waals surface area contributed by atoms with Gasteiger partial charge in [0.1, 0.15) is 0 Å². The number of hydrogen-bond donors (Lipinski definition) is 1. The summed E-state index contributed by atoms with van der Waals surface area (Å²) in [6.45, 7) is 2.00. The van der Waals surface area contributed by atoms with Gasteiger partial charge in [0.2, 0.25) is 0 Å². The fourth-order valence-electron chi connectivity index (χ4n) is 0.583. The Bertz CT molecular complexity index is 225. The molecule has 0 unspecified atom stereocenters. The summed E-state index contributed by atoms with van der Waals surface area (Å²) in [4.78, 5) is 0.947. The SMILES string of the molecule is Cc1ccc(Cl)cc1S.[Na]. The molecule has 0 aliphatic heterocycles. The van der Waals surface area contributed by atoms with Gasteiger partial charge in [0.05, 0.1) is 0 Å². The standard InChI is InChI=1S/C7H7ClS.Na/c1-5-2-3-6(8)4-7(5)9;/h2-4,9H,1H3;. The van der Waals surface area contributed by atoms with Gasteiger partial charge in [-0.25, -0.2) is 0 Å². The van der Waals surface area contributed by atoms with E-state index in [9.17, 15) is 0 Å². The topological polar surface area (TPSA) is 0 Å². The number of rotatable bonds is 0. The Morgan fingerprint density at radius 3 is 2.40 bits per heavy atom. The summed E-state index contributed by atoms with van der Waals surface area (Å²) >= 11 is 9.85. The van der Waals surface area contributed by atoms with Crippen LogP contribution in [-0.4, -0.2) is 29.6 Å². The van der Waals surface area contributed by atoms with Crippen LogP contribution in [0.2, 0.25) is 5.02 Å². The summed E-state index contributed by atoms with van der Waals surface area (Å²) in [6.07, 6.45) is 0. The van der Waals surface area contributed by atoms with Crippen molar-refractivity contribution in [3.8, 4) is 0 Å². The van der Waals surface area contributed by atoms with E-state index >= 15 is 0 Å². The van der Waals surface area contributed by atoms with Gasteiger partial charge in [-0.3, -0.25) is 0 Å². The molecule has 10 heavy (non-hydrogen) atoms. The van der Waals surface area contributed by atoms with Gasteiger partial charge >= 0.3 is 0 Å². The third kappa shape index (κ3) is 2.85. The number of hydrogen-bond acceptors (Lipinski definition) is 1. The molecular formula is C7H7ClNaS. The largest absolute Gasteiger partial charge is 0.143 e. The molecule has 0 nitrogen and oxygen atoms in total. The van der Waals surface area contributed by atoms with Crippen LogP contribution < -0.4 is 0 Å². The molecule has 0 saturated heterocycles. The van der Waals surface area contributed by atoms with Gasteiger partial charge in [-0.05, 0) is 24.6 Å². The molecule has 0 N–H and O–H groups in total. The molecule has 0 atom stereocenters. The Kier molecular flexibility index (Phi) is 5.08. The molecule has 1 rings (SSSR count). The second kappa shape index (κ2) is 4.68. The monoisotopic (exact) mass is 181 g/mol. The van der Waals surface area contributed by atoms with Gasteiger partial charge in [-0.1, -0.05) is 17.7 Å². The quantitative estimate of drug-likeness (QED) is 0.462. The maximum Gasteiger partial charge on any atom is 0.0417 e. The van der Waals surface area contributed by atoms with Gasteiger partial charge in [0.15, 0.2) is 0 Å². The first kappa shape index (κ1) is 10.9. The average molecular weight is 182 g/mol. The number of thiol groups is 1. The molecule has 1 radical (unpaired) electrons. The molecule has 0 heterocycles. The molecule has 0 amide bonds. The minimum Gasteiger partial charge on any atom is -0.143 e. The molecule has 0 bridgehead atoms. The van der Waals surface area contributed by atoms with Crippen LogP contribution >= 0.6 is 24.2 Å². The molecule has 1 aromatic rings. The van der Waals surface area contributed by atoms with E-state index in [1.807, 2.05) is 25.1 Å². The molecule has 49 valence electrons. The zero-order valence-electron chi connectivity index (χ0n) is 6.06. The molecule has 0 aromatic heterocycles. The number of benzene rings is 1. The first-order valence-corrected chi connectivity index (χ1v) is 3.48. The average Bonchev–Trinajstić information content (AvgIpc) is 1.80. The van der Waals surface area contributed by atoms with Gasteiger partial charge in [-0.2, -0.15) is 0 Å². The van der Waals surface area contributed by atoms with E-state index in [4.69, 9.17) is 11.6 Å². The summed E-state index contributed by atoms with van der Waals surface area (Å²) in [6, 6.07) is 5.64. The Balaban J connectivity index is 0.000000810. The van der Waals surface area contributed by atoms with E-state index < -0.39 is 0 Å². The van der Waals surface area contributed by atoms with E-state index in [0.717, 1.165) is 15.5 Å². The molecule has 0 aliphatic rings. The minimum absolute atomic E-state index is 0. The van der Waals surface area contributed by atoms with Crippen molar-refractivity contribution < 1.29 is 0 Å². The van der Waals surface area contributed by atoms with Crippen molar-refractivity contribution in [2.75, 3.05) is 0 Å². The van der Waals surface area contributed by atoms with Gasteiger partial charge in [0.25, 0.3) is 0 Å². The van der Waals surface area contributed by atoms with Crippen molar-refractivity contribution in [1.29, 1.82) is 0 Å². The summed E-state index contributed by atoms with van der Waals surface area (Å²) in [7, 11) is 0. The molecule has 0 aliphatic carbocycles. The second-order valence-corrected chi connectivity index (χ2v) is 2.85. The predicted molar refractivity (Wildman–Crippen MR) is 49.2 cm³/mol. The first-order valence-electron chi connectivity index (χ1n) is 2.65. The van der Waals surface area contributed by atoms with Crippen LogP contribution in [0.3, 0.4) is 0 Å². The van der Waals surface area contributed by atoms with E-state index in [-0.39, 0.29) is 29.6 Å². The predicted octanol–water partition coefficient (Wildman–Crippen LogP) is 2.56. The van der Waals surface area contributed by atoms with Crippen LogP contribution in [0.1, 0.15) is 5.56 Å². The van der Waals surface area contributed by atoms with E-state index in [1.165, 1.54) is 0 Å². The third-order valence-electron chi connectivity index (χ3n) is 1.17. The molecule has 0 saturated carbocycles. The molecule has 0 fully saturated rings. The van der Waals surface area contributed by atoms with Crippen molar-refractivity contribution in [2.24, 2.45) is 0 Å². The van der Waals surface area contributed by atoms with E-state index in [1.54, 1.807) is 0 Å². The maximum atomic E-state index is 5.67. The summed E-state index contributed by atoms with van der Waals surface area (Å²) in [5, 5.41) is 0.741. The summed E-state index contributed by atoms with van der Waals surface area (Å²) in [5.74, 6) is 0. The molecular weight excluding hydrogens is 175 g/mol. The second-order valence-electron chi connectivity index (χ2n) is 1.93. The molecule has 0 spiro atoms. The smallest absolute Gasteiger partial charge is 0.0417 e. The number of halogens is 1. The fraction of sp³-hybridized carbons (Fsp3) is 0.143. The zero-order chi connectivity index (χ0) is 6.85. The van der Waals surface area contributed by atoms with Gasteiger partial charge < -0.3 is 0 Å². The van der Waals surface area contributed by atoms with Crippen molar-refractivity contribution in [3.63, 3.8) is 0 Å². The minimum atomic E-state index is 0. The summed E-state index contributed by atoms with van der Waals surface area (Å²) in [5.41, 5.74) is 1.16. The number of aryl methyl sites for hydroxylation is 1.